The summed E-state index contributed by atoms with van der Waals surface area (Å²) in [6, 6.07) is 8.44. The number of hydrogen-bond donors (Lipinski definition) is 3. The summed E-state index contributed by atoms with van der Waals surface area (Å²) in [5, 5.41) is 22.6. The third-order valence-corrected chi connectivity index (χ3v) is 4.21. The van der Waals surface area contributed by atoms with Crippen molar-refractivity contribution in [3.63, 3.8) is 0 Å². The van der Waals surface area contributed by atoms with Crippen LogP contribution in [0.25, 0.3) is 0 Å². The van der Waals surface area contributed by atoms with E-state index in [9.17, 15) is 5.11 Å². The summed E-state index contributed by atoms with van der Waals surface area (Å²) in [7, 11) is 0. The second-order valence-corrected chi connectivity index (χ2v) is 5.65. The predicted octanol–water partition coefficient (Wildman–Crippen LogP) is 1.69. The van der Waals surface area contributed by atoms with Crippen molar-refractivity contribution in [1.29, 1.82) is 0 Å². The Morgan fingerprint density at radius 3 is 2.63 bits per heavy atom. The van der Waals surface area contributed by atoms with Gasteiger partial charge in [0.1, 0.15) is 0 Å². The Labute approximate surface area is 115 Å². The Hall–Kier alpha value is -0.900. The lowest BCUT2D eigenvalue weighted by Crippen LogP contribution is -2.28. The molecule has 0 radical (unpaired) electrons. The van der Waals surface area contributed by atoms with Crippen molar-refractivity contribution in [2.24, 2.45) is 5.92 Å². The number of aliphatic hydroxyl groups is 2. The molecule has 0 saturated carbocycles. The highest BCUT2D eigenvalue weighted by atomic mass is 16.3. The Kier molecular flexibility index (Phi) is 5.37. The van der Waals surface area contributed by atoms with Crippen molar-refractivity contribution in [1.82, 2.24) is 5.32 Å². The SMILES string of the molecule is CC(CO)C(O)Cc1ccccc1C1CCNCC1. The van der Waals surface area contributed by atoms with Gasteiger partial charge in [-0.15, -0.1) is 0 Å². The van der Waals surface area contributed by atoms with Gasteiger partial charge in [-0.3, -0.25) is 0 Å². The summed E-state index contributed by atoms with van der Waals surface area (Å²) in [4.78, 5) is 0. The molecule has 0 bridgehead atoms. The molecule has 0 spiro atoms. The van der Waals surface area contributed by atoms with E-state index in [2.05, 4.69) is 23.5 Å². The molecule has 1 aromatic carbocycles. The highest BCUT2D eigenvalue weighted by Gasteiger charge is 2.20. The lowest BCUT2D eigenvalue weighted by atomic mass is 9.84. The van der Waals surface area contributed by atoms with Gasteiger partial charge in [0.05, 0.1) is 6.10 Å². The summed E-state index contributed by atoms with van der Waals surface area (Å²) >= 11 is 0. The van der Waals surface area contributed by atoms with E-state index in [4.69, 9.17) is 5.11 Å². The summed E-state index contributed by atoms with van der Waals surface area (Å²) < 4.78 is 0. The predicted molar refractivity (Wildman–Crippen MR) is 77.2 cm³/mol. The maximum absolute atomic E-state index is 10.1. The summed E-state index contributed by atoms with van der Waals surface area (Å²) in [6.45, 7) is 4.08. The maximum atomic E-state index is 10.1. The third-order valence-electron chi connectivity index (χ3n) is 4.21. The lowest BCUT2D eigenvalue weighted by Gasteiger charge is -2.26. The van der Waals surface area contributed by atoms with E-state index in [-0.39, 0.29) is 12.5 Å². The van der Waals surface area contributed by atoms with E-state index in [1.165, 1.54) is 24.0 Å². The maximum Gasteiger partial charge on any atom is 0.0628 e. The minimum absolute atomic E-state index is 0.0384. The quantitative estimate of drug-likeness (QED) is 0.757. The molecule has 3 N–H and O–H groups in total. The molecule has 1 fully saturated rings. The number of hydrogen-bond acceptors (Lipinski definition) is 3. The van der Waals surface area contributed by atoms with E-state index in [0.717, 1.165) is 13.1 Å². The van der Waals surface area contributed by atoms with Gasteiger partial charge in [0, 0.05) is 12.5 Å². The van der Waals surface area contributed by atoms with Crippen molar-refractivity contribution < 1.29 is 10.2 Å². The molecule has 2 atom stereocenters. The number of nitrogens with one attached hydrogen (secondary N) is 1. The van der Waals surface area contributed by atoms with E-state index in [1.807, 2.05) is 13.0 Å². The standard InChI is InChI=1S/C16H25NO2/c1-12(11-18)16(19)10-14-4-2-3-5-15(14)13-6-8-17-9-7-13/h2-5,12-13,16-19H,6-11H2,1H3. The monoisotopic (exact) mass is 263 g/mol. The van der Waals surface area contributed by atoms with Crippen molar-refractivity contribution in [3.05, 3.63) is 35.4 Å². The molecule has 0 aliphatic carbocycles. The fourth-order valence-electron chi connectivity index (χ4n) is 2.80. The van der Waals surface area contributed by atoms with Gasteiger partial charge in [-0.25, -0.2) is 0 Å². The molecule has 1 aliphatic heterocycles. The second-order valence-electron chi connectivity index (χ2n) is 5.65. The molecule has 2 unspecified atom stereocenters. The zero-order valence-corrected chi connectivity index (χ0v) is 11.7. The highest BCUT2D eigenvalue weighted by Crippen LogP contribution is 2.29. The molecule has 1 aromatic rings. The number of benzene rings is 1. The van der Waals surface area contributed by atoms with Crippen LogP contribution in [0.1, 0.15) is 36.8 Å². The first-order chi connectivity index (χ1) is 9.22. The first-order valence-corrected chi connectivity index (χ1v) is 7.29. The van der Waals surface area contributed by atoms with Crippen LogP contribution in [-0.4, -0.2) is 36.0 Å². The minimum atomic E-state index is -0.465. The highest BCUT2D eigenvalue weighted by molar-refractivity contribution is 5.31. The van der Waals surface area contributed by atoms with E-state index in [0.29, 0.717) is 12.3 Å². The molecule has 1 saturated heterocycles. The van der Waals surface area contributed by atoms with Gasteiger partial charge in [-0.05, 0) is 49.4 Å². The van der Waals surface area contributed by atoms with Gasteiger partial charge in [0.25, 0.3) is 0 Å². The van der Waals surface area contributed by atoms with E-state index in [1.54, 1.807) is 0 Å². The first kappa shape index (κ1) is 14.5. The fraction of sp³-hybridized carbons (Fsp3) is 0.625. The Morgan fingerprint density at radius 2 is 1.95 bits per heavy atom. The minimum Gasteiger partial charge on any atom is -0.396 e. The number of aliphatic hydroxyl groups excluding tert-OH is 2. The third kappa shape index (κ3) is 3.78. The topological polar surface area (TPSA) is 52.5 Å². The average molecular weight is 263 g/mol. The molecule has 1 aliphatic rings. The van der Waals surface area contributed by atoms with Gasteiger partial charge < -0.3 is 15.5 Å². The summed E-state index contributed by atoms with van der Waals surface area (Å²) in [6.07, 6.45) is 2.51. The Balaban J connectivity index is 2.11. The largest absolute Gasteiger partial charge is 0.396 e. The average Bonchev–Trinajstić information content (AvgIpc) is 2.47. The smallest absolute Gasteiger partial charge is 0.0628 e. The van der Waals surface area contributed by atoms with Crippen LogP contribution in [0, 0.1) is 5.92 Å². The summed E-state index contributed by atoms with van der Waals surface area (Å²) in [5.41, 5.74) is 2.62. The van der Waals surface area contributed by atoms with Gasteiger partial charge in [-0.1, -0.05) is 31.2 Å². The van der Waals surface area contributed by atoms with Crippen molar-refractivity contribution in [2.75, 3.05) is 19.7 Å². The van der Waals surface area contributed by atoms with Crippen LogP contribution >= 0.6 is 0 Å². The number of piperidine rings is 1. The molecule has 19 heavy (non-hydrogen) atoms. The van der Waals surface area contributed by atoms with Gasteiger partial charge in [0.15, 0.2) is 0 Å². The van der Waals surface area contributed by atoms with E-state index >= 15 is 0 Å². The molecule has 2 rings (SSSR count). The van der Waals surface area contributed by atoms with Gasteiger partial charge in [-0.2, -0.15) is 0 Å². The van der Waals surface area contributed by atoms with Gasteiger partial charge >= 0.3 is 0 Å². The molecular weight excluding hydrogens is 238 g/mol. The Bertz CT molecular complexity index is 388. The molecule has 106 valence electrons. The van der Waals surface area contributed by atoms with Crippen LogP contribution < -0.4 is 5.32 Å². The summed E-state index contributed by atoms with van der Waals surface area (Å²) in [5.74, 6) is 0.537. The lowest BCUT2D eigenvalue weighted by molar-refractivity contribution is 0.0772. The zero-order valence-electron chi connectivity index (χ0n) is 11.7. The van der Waals surface area contributed by atoms with Crippen LogP contribution in [0.2, 0.25) is 0 Å². The molecule has 0 aromatic heterocycles. The fourth-order valence-corrected chi connectivity index (χ4v) is 2.80. The Morgan fingerprint density at radius 1 is 1.26 bits per heavy atom. The molecule has 1 heterocycles. The van der Waals surface area contributed by atoms with Crippen molar-refractivity contribution in [3.8, 4) is 0 Å². The van der Waals surface area contributed by atoms with Crippen LogP contribution in [0.3, 0.4) is 0 Å². The van der Waals surface area contributed by atoms with Crippen LogP contribution in [0.15, 0.2) is 24.3 Å². The normalized spacial score (nSPS) is 20.2. The van der Waals surface area contributed by atoms with Crippen molar-refractivity contribution >= 4 is 0 Å². The zero-order chi connectivity index (χ0) is 13.7. The van der Waals surface area contributed by atoms with Crippen molar-refractivity contribution in [2.45, 2.75) is 38.2 Å². The molecule has 3 heteroatoms. The molecule has 3 nitrogen and oxygen atoms in total. The van der Waals surface area contributed by atoms with Crippen LogP contribution in [0.5, 0.6) is 0 Å². The van der Waals surface area contributed by atoms with Crippen LogP contribution in [0.4, 0.5) is 0 Å². The molecular formula is C16H25NO2. The first-order valence-electron chi connectivity index (χ1n) is 7.29. The van der Waals surface area contributed by atoms with E-state index < -0.39 is 6.10 Å². The second kappa shape index (κ2) is 7.04. The van der Waals surface area contributed by atoms with Gasteiger partial charge in [0.2, 0.25) is 0 Å². The van der Waals surface area contributed by atoms with Crippen LogP contribution in [-0.2, 0) is 6.42 Å². The number of rotatable bonds is 5. The molecule has 0 amide bonds.